The summed E-state index contributed by atoms with van der Waals surface area (Å²) in [6.07, 6.45) is 3.09. The smallest absolute Gasteiger partial charge is 0.327 e. The molecule has 0 saturated carbocycles. The van der Waals surface area contributed by atoms with E-state index in [-0.39, 0.29) is 12.3 Å². The summed E-state index contributed by atoms with van der Waals surface area (Å²) in [7, 11) is 1.50. The molecule has 3 aromatic rings. The van der Waals surface area contributed by atoms with Crippen molar-refractivity contribution in [3.05, 3.63) is 73.1 Å². The third kappa shape index (κ3) is 5.92. The minimum Gasteiger partial charge on any atom is -0.480 e. The Balaban J connectivity index is 1.75. The summed E-state index contributed by atoms with van der Waals surface area (Å²) in [5.41, 5.74) is 3.48. The van der Waals surface area contributed by atoms with E-state index in [0.717, 1.165) is 22.3 Å². The Labute approximate surface area is 199 Å². The zero-order valence-corrected chi connectivity index (χ0v) is 19.9. The molecule has 0 fully saturated rings. The van der Waals surface area contributed by atoms with Crippen LogP contribution in [0.1, 0.15) is 33.2 Å². The Kier molecular flexibility index (Phi) is 7.56. The van der Waals surface area contributed by atoms with Crippen molar-refractivity contribution >= 4 is 17.8 Å². The van der Waals surface area contributed by atoms with E-state index in [0.29, 0.717) is 0 Å². The normalized spacial score (nSPS) is 13.1. The van der Waals surface area contributed by atoms with Gasteiger partial charge >= 0.3 is 5.97 Å². The van der Waals surface area contributed by atoms with Crippen LogP contribution in [0.25, 0.3) is 22.3 Å². The number of rotatable bonds is 8. The minimum atomic E-state index is -1.12. The lowest BCUT2D eigenvalue weighted by atomic mass is 9.86. The van der Waals surface area contributed by atoms with Crippen molar-refractivity contribution in [1.82, 2.24) is 15.2 Å². The lowest BCUT2D eigenvalue weighted by molar-refractivity contribution is -0.143. The monoisotopic (exact) mass is 461 g/mol. The van der Waals surface area contributed by atoms with Gasteiger partial charge < -0.3 is 20.3 Å². The van der Waals surface area contributed by atoms with Gasteiger partial charge in [0.05, 0.1) is 6.42 Å². The van der Waals surface area contributed by atoms with Crippen molar-refractivity contribution in [2.75, 3.05) is 7.05 Å². The number of carboxylic acid groups (broad SMARTS) is 1. The molecule has 3 N–H and O–H groups in total. The summed E-state index contributed by atoms with van der Waals surface area (Å²) in [6, 6.07) is 18.0. The standard InChI is InChI=1S/C27H31N3O4/c1-27(2,3)24(25(32)28-4)29-23(31)16-22(26(33)34)30-15-14-21(17-30)20-12-10-19(11-13-20)18-8-6-5-7-9-18/h5-15,17,22,24H,16H2,1-4H3,(H,28,32)(H,29,31)(H,33,34). The number of nitrogens with one attached hydrogen (secondary N) is 2. The molecule has 1 heterocycles. The van der Waals surface area contributed by atoms with Crippen LogP contribution in [-0.2, 0) is 14.4 Å². The van der Waals surface area contributed by atoms with Crippen LogP contribution in [-0.4, -0.2) is 40.5 Å². The highest BCUT2D eigenvalue weighted by molar-refractivity contribution is 5.90. The van der Waals surface area contributed by atoms with Crippen LogP contribution in [0.5, 0.6) is 0 Å². The van der Waals surface area contributed by atoms with Crippen LogP contribution in [0, 0.1) is 5.41 Å². The van der Waals surface area contributed by atoms with Crippen LogP contribution < -0.4 is 10.6 Å². The molecule has 0 saturated heterocycles. The molecule has 34 heavy (non-hydrogen) atoms. The van der Waals surface area contributed by atoms with E-state index in [4.69, 9.17) is 0 Å². The Morgan fingerprint density at radius 2 is 1.44 bits per heavy atom. The van der Waals surface area contributed by atoms with E-state index in [1.165, 1.54) is 11.6 Å². The molecule has 2 atom stereocenters. The maximum Gasteiger partial charge on any atom is 0.327 e. The van der Waals surface area contributed by atoms with Gasteiger partial charge in [-0.25, -0.2) is 4.79 Å². The number of aliphatic carboxylic acids is 1. The van der Waals surface area contributed by atoms with Crippen LogP contribution in [0.2, 0.25) is 0 Å². The lowest BCUT2D eigenvalue weighted by Crippen LogP contribution is -2.53. The fourth-order valence-electron chi connectivity index (χ4n) is 3.80. The Hall–Kier alpha value is -3.87. The van der Waals surface area contributed by atoms with Gasteiger partial charge in [0.2, 0.25) is 11.8 Å². The van der Waals surface area contributed by atoms with Crippen LogP contribution in [0.3, 0.4) is 0 Å². The summed E-state index contributed by atoms with van der Waals surface area (Å²) in [5.74, 6) is -1.95. The summed E-state index contributed by atoms with van der Waals surface area (Å²) < 4.78 is 1.52. The Morgan fingerprint density at radius 1 is 0.882 bits per heavy atom. The van der Waals surface area contributed by atoms with E-state index in [1.807, 2.05) is 81.4 Å². The molecule has 178 valence electrons. The van der Waals surface area contributed by atoms with E-state index in [9.17, 15) is 19.5 Å². The molecule has 0 aliphatic carbocycles. The lowest BCUT2D eigenvalue weighted by Gasteiger charge is -2.30. The highest BCUT2D eigenvalue weighted by atomic mass is 16.4. The van der Waals surface area contributed by atoms with Crippen LogP contribution in [0.4, 0.5) is 0 Å². The predicted molar refractivity (Wildman–Crippen MR) is 132 cm³/mol. The van der Waals surface area contributed by atoms with Gasteiger partial charge in [0.25, 0.3) is 0 Å². The molecule has 0 aliphatic heterocycles. The first-order valence-corrected chi connectivity index (χ1v) is 11.2. The highest BCUT2D eigenvalue weighted by Crippen LogP contribution is 2.27. The van der Waals surface area contributed by atoms with Crippen molar-refractivity contribution in [2.45, 2.75) is 39.3 Å². The van der Waals surface area contributed by atoms with Gasteiger partial charge in [0.1, 0.15) is 12.1 Å². The second kappa shape index (κ2) is 10.4. The van der Waals surface area contributed by atoms with E-state index in [1.54, 1.807) is 12.4 Å². The number of likely N-dealkylation sites (N-methyl/N-ethyl adjacent to an activating group) is 1. The topological polar surface area (TPSA) is 100 Å². The summed E-state index contributed by atoms with van der Waals surface area (Å²) in [4.78, 5) is 36.9. The number of carboxylic acids is 1. The molecule has 2 unspecified atom stereocenters. The van der Waals surface area contributed by atoms with E-state index in [2.05, 4.69) is 10.6 Å². The van der Waals surface area contributed by atoms with Crippen molar-refractivity contribution in [3.63, 3.8) is 0 Å². The molecule has 3 rings (SSSR count). The average molecular weight is 462 g/mol. The van der Waals surface area contributed by atoms with Crippen molar-refractivity contribution in [1.29, 1.82) is 0 Å². The van der Waals surface area contributed by atoms with Gasteiger partial charge in [-0.2, -0.15) is 0 Å². The van der Waals surface area contributed by atoms with Gasteiger partial charge in [-0.05, 0) is 33.7 Å². The predicted octanol–water partition coefficient (Wildman–Crippen LogP) is 4.11. The molecule has 0 bridgehead atoms. The number of carbonyl (C=O) groups is 3. The molecule has 0 radical (unpaired) electrons. The van der Waals surface area contributed by atoms with Crippen LogP contribution in [0.15, 0.2) is 73.1 Å². The number of amides is 2. The van der Waals surface area contributed by atoms with Gasteiger partial charge in [0, 0.05) is 19.4 Å². The number of aromatic nitrogens is 1. The molecule has 0 aliphatic rings. The van der Waals surface area contributed by atoms with Gasteiger partial charge in [0.15, 0.2) is 0 Å². The number of carbonyl (C=O) groups excluding carboxylic acids is 2. The molecule has 2 aromatic carbocycles. The quantitative estimate of drug-likeness (QED) is 0.470. The average Bonchev–Trinajstić information content (AvgIpc) is 3.30. The minimum absolute atomic E-state index is 0.292. The SMILES string of the molecule is CNC(=O)C(NC(=O)CC(C(=O)O)n1ccc(-c2ccc(-c3ccccc3)cc2)c1)C(C)(C)C. The molecule has 7 nitrogen and oxygen atoms in total. The number of benzene rings is 2. The third-order valence-electron chi connectivity index (χ3n) is 5.74. The fraction of sp³-hybridized carbons (Fsp3) is 0.296. The maximum absolute atomic E-state index is 12.7. The second-order valence-electron chi connectivity index (χ2n) is 9.33. The van der Waals surface area contributed by atoms with E-state index < -0.39 is 29.4 Å². The third-order valence-corrected chi connectivity index (χ3v) is 5.74. The van der Waals surface area contributed by atoms with Gasteiger partial charge in [-0.3, -0.25) is 9.59 Å². The highest BCUT2D eigenvalue weighted by Gasteiger charge is 2.33. The summed E-state index contributed by atoms with van der Waals surface area (Å²) >= 11 is 0. The largest absolute Gasteiger partial charge is 0.480 e. The Morgan fingerprint density at radius 3 is 1.97 bits per heavy atom. The number of hydrogen-bond donors (Lipinski definition) is 3. The zero-order valence-electron chi connectivity index (χ0n) is 19.9. The van der Waals surface area contributed by atoms with Crippen LogP contribution >= 0.6 is 0 Å². The summed E-state index contributed by atoms with van der Waals surface area (Å²) in [6.45, 7) is 5.51. The number of hydrogen-bond acceptors (Lipinski definition) is 3. The second-order valence-corrected chi connectivity index (χ2v) is 9.33. The fourth-order valence-corrected chi connectivity index (χ4v) is 3.80. The molecule has 1 aromatic heterocycles. The first-order chi connectivity index (χ1) is 16.1. The van der Waals surface area contributed by atoms with Crippen molar-refractivity contribution in [3.8, 4) is 22.3 Å². The first kappa shape index (κ1) is 24.8. The van der Waals surface area contributed by atoms with Crippen molar-refractivity contribution in [2.24, 2.45) is 5.41 Å². The first-order valence-electron chi connectivity index (χ1n) is 11.2. The molecule has 0 spiro atoms. The summed E-state index contributed by atoms with van der Waals surface area (Å²) in [5, 5.41) is 15.0. The molecular formula is C27H31N3O4. The number of nitrogens with zero attached hydrogens (tertiary/aromatic N) is 1. The van der Waals surface area contributed by atoms with E-state index >= 15 is 0 Å². The zero-order chi connectivity index (χ0) is 24.9. The van der Waals surface area contributed by atoms with Gasteiger partial charge in [-0.15, -0.1) is 0 Å². The Bertz CT molecular complexity index is 1140. The van der Waals surface area contributed by atoms with Gasteiger partial charge in [-0.1, -0.05) is 75.4 Å². The molecule has 2 amide bonds. The maximum atomic E-state index is 12.7. The molecule has 7 heteroatoms. The van der Waals surface area contributed by atoms with Crippen molar-refractivity contribution < 1.29 is 19.5 Å². The molecular weight excluding hydrogens is 430 g/mol.